The van der Waals surface area contributed by atoms with Gasteiger partial charge in [-0.3, -0.25) is 4.79 Å². The van der Waals surface area contributed by atoms with Crippen LogP contribution >= 0.6 is 0 Å². The molecule has 1 amide bonds. The first-order valence-corrected chi connectivity index (χ1v) is 7.91. The minimum absolute atomic E-state index is 0.00409. The average molecular weight is 289 g/mol. The summed E-state index contributed by atoms with van der Waals surface area (Å²) in [5, 5.41) is 3.08. The lowest BCUT2D eigenvalue weighted by atomic mass is 10.0. The van der Waals surface area contributed by atoms with E-state index in [1.54, 1.807) is 0 Å². The fourth-order valence-electron chi connectivity index (χ4n) is 3.21. The van der Waals surface area contributed by atoms with Crippen molar-refractivity contribution in [1.82, 2.24) is 5.32 Å². The Morgan fingerprint density at radius 3 is 2.86 bits per heavy atom. The molecular formula is C17H23NO3. The lowest BCUT2D eigenvalue weighted by Gasteiger charge is -2.16. The van der Waals surface area contributed by atoms with E-state index in [-0.39, 0.29) is 18.7 Å². The Labute approximate surface area is 125 Å². The fourth-order valence-corrected chi connectivity index (χ4v) is 3.21. The highest BCUT2D eigenvalue weighted by Gasteiger charge is 2.19. The Hall–Kier alpha value is -1.71. The maximum absolute atomic E-state index is 12.1. The highest BCUT2D eigenvalue weighted by atomic mass is 16.7. The van der Waals surface area contributed by atoms with Crippen molar-refractivity contribution in [1.29, 1.82) is 0 Å². The van der Waals surface area contributed by atoms with Gasteiger partial charge in [-0.25, -0.2) is 0 Å². The van der Waals surface area contributed by atoms with E-state index in [4.69, 9.17) is 9.47 Å². The third-order valence-corrected chi connectivity index (χ3v) is 4.53. The zero-order chi connectivity index (χ0) is 14.7. The van der Waals surface area contributed by atoms with Crippen molar-refractivity contribution in [2.45, 2.75) is 51.5 Å². The minimum Gasteiger partial charge on any atom is -0.454 e. The van der Waals surface area contributed by atoms with Gasteiger partial charge in [0.25, 0.3) is 0 Å². The summed E-state index contributed by atoms with van der Waals surface area (Å²) in [7, 11) is 0. The molecule has 1 aliphatic heterocycles. The topological polar surface area (TPSA) is 47.6 Å². The highest BCUT2D eigenvalue weighted by Crippen LogP contribution is 2.34. The Morgan fingerprint density at radius 2 is 2.05 bits per heavy atom. The second-order valence-electron chi connectivity index (χ2n) is 6.09. The van der Waals surface area contributed by atoms with Crippen LogP contribution in [0.1, 0.15) is 57.1 Å². The first-order chi connectivity index (χ1) is 10.2. The molecule has 3 rings (SSSR count). The fraction of sp³-hybridized carbons (Fsp3) is 0.588. The number of carbonyl (C=O) groups is 1. The average Bonchev–Trinajstić information content (AvgIpc) is 3.15. The van der Waals surface area contributed by atoms with Gasteiger partial charge in [0.05, 0.1) is 6.04 Å². The van der Waals surface area contributed by atoms with Gasteiger partial charge in [0, 0.05) is 6.42 Å². The van der Waals surface area contributed by atoms with Crippen LogP contribution in [0.2, 0.25) is 0 Å². The van der Waals surface area contributed by atoms with Gasteiger partial charge < -0.3 is 14.8 Å². The molecule has 21 heavy (non-hydrogen) atoms. The molecular weight excluding hydrogens is 266 g/mol. The predicted octanol–water partition coefficient (Wildman–Crippen LogP) is 3.56. The summed E-state index contributed by atoms with van der Waals surface area (Å²) in [4.78, 5) is 12.1. The zero-order valence-electron chi connectivity index (χ0n) is 12.6. The smallest absolute Gasteiger partial charge is 0.231 e. The van der Waals surface area contributed by atoms with Gasteiger partial charge in [0.2, 0.25) is 12.7 Å². The van der Waals surface area contributed by atoms with E-state index in [2.05, 4.69) is 5.32 Å². The molecule has 2 aliphatic rings. The third kappa shape index (κ3) is 3.49. The van der Waals surface area contributed by atoms with Crippen LogP contribution in [-0.4, -0.2) is 12.7 Å². The van der Waals surface area contributed by atoms with Gasteiger partial charge in [-0.1, -0.05) is 31.7 Å². The summed E-state index contributed by atoms with van der Waals surface area (Å²) in [5.41, 5.74) is 1.05. The van der Waals surface area contributed by atoms with E-state index >= 15 is 0 Å². The second kappa shape index (κ2) is 6.37. The molecule has 0 aromatic heterocycles. The summed E-state index contributed by atoms with van der Waals surface area (Å²) in [6.07, 6.45) is 6.93. The number of hydrogen-bond donors (Lipinski definition) is 1. The van der Waals surface area contributed by atoms with Crippen molar-refractivity contribution in [3.05, 3.63) is 23.8 Å². The number of amides is 1. The van der Waals surface area contributed by atoms with E-state index in [1.807, 2.05) is 25.1 Å². The molecule has 1 fully saturated rings. The van der Waals surface area contributed by atoms with Crippen molar-refractivity contribution in [2.24, 2.45) is 5.92 Å². The largest absolute Gasteiger partial charge is 0.454 e. The summed E-state index contributed by atoms with van der Waals surface area (Å²) < 4.78 is 10.7. The number of fused-ring (bicyclic) bond motifs is 1. The Balaban J connectivity index is 1.50. The maximum Gasteiger partial charge on any atom is 0.231 e. The summed E-state index contributed by atoms with van der Waals surface area (Å²) in [6.45, 7) is 2.28. The summed E-state index contributed by atoms with van der Waals surface area (Å²) in [5.74, 6) is 2.45. The number of ether oxygens (including phenoxy) is 2. The molecule has 1 atom stereocenters. The van der Waals surface area contributed by atoms with Crippen LogP contribution in [-0.2, 0) is 4.79 Å². The molecule has 1 aromatic carbocycles. The number of rotatable bonds is 5. The lowest BCUT2D eigenvalue weighted by Crippen LogP contribution is -2.26. The van der Waals surface area contributed by atoms with Crippen LogP contribution in [0.5, 0.6) is 11.5 Å². The molecule has 114 valence electrons. The van der Waals surface area contributed by atoms with Crippen LogP contribution in [0.4, 0.5) is 0 Å². The monoisotopic (exact) mass is 289 g/mol. The lowest BCUT2D eigenvalue weighted by molar-refractivity contribution is -0.122. The van der Waals surface area contributed by atoms with E-state index in [0.717, 1.165) is 29.4 Å². The standard InChI is InChI=1S/C17H23NO3/c1-12(14-7-8-15-16(10-14)21-11-20-15)18-17(19)9-6-13-4-2-3-5-13/h7-8,10,12-13H,2-6,9,11H2,1H3,(H,18,19). The van der Waals surface area contributed by atoms with Gasteiger partial charge in [-0.15, -0.1) is 0 Å². The highest BCUT2D eigenvalue weighted by molar-refractivity contribution is 5.76. The Kier molecular flexibility index (Phi) is 4.32. The van der Waals surface area contributed by atoms with Crippen molar-refractivity contribution >= 4 is 5.91 Å². The molecule has 4 nitrogen and oxygen atoms in total. The molecule has 1 saturated carbocycles. The van der Waals surface area contributed by atoms with Gasteiger partial charge in [0.1, 0.15) is 0 Å². The minimum atomic E-state index is -0.00409. The molecule has 1 heterocycles. The van der Waals surface area contributed by atoms with E-state index < -0.39 is 0 Å². The Bertz CT molecular complexity index is 509. The van der Waals surface area contributed by atoms with Crippen molar-refractivity contribution in [3.63, 3.8) is 0 Å². The quantitative estimate of drug-likeness (QED) is 0.901. The summed E-state index contributed by atoms with van der Waals surface area (Å²) in [6, 6.07) is 5.83. The molecule has 0 bridgehead atoms. The Morgan fingerprint density at radius 1 is 1.29 bits per heavy atom. The van der Waals surface area contributed by atoms with Crippen LogP contribution < -0.4 is 14.8 Å². The van der Waals surface area contributed by atoms with Gasteiger partial charge in [-0.05, 0) is 37.0 Å². The molecule has 1 unspecified atom stereocenters. The SMILES string of the molecule is CC(NC(=O)CCC1CCCC1)c1ccc2c(c1)OCO2. The first kappa shape index (κ1) is 14.2. The normalized spacial score (nSPS) is 18.7. The predicted molar refractivity (Wildman–Crippen MR) is 80.3 cm³/mol. The van der Waals surface area contributed by atoms with Gasteiger partial charge in [0.15, 0.2) is 11.5 Å². The molecule has 0 spiro atoms. The van der Waals surface area contributed by atoms with Crippen LogP contribution in [0.3, 0.4) is 0 Å². The van der Waals surface area contributed by atoms with Crippen molar-refractivity contribution in [3.8, 4) is 11.5 Å². The molecule has 1 aromatic rings. The van der Waals surface area contributed by atoms with Crippen LogP contribution in [0.25, 0.3) is 0 Å². The van der Waals surface area contributed by atoms with Crippen LogP contribution in [0.15, 0.2) is 18.2 Å². The molecule has 1 N–H and O–H groups in total. The third-order valence-electron chi connectivity index (χ3n) is 4.53. The first-order valence-electron chi connectivity index (χ1n) is 7.91. The molecule has 0 radical (unpaired) electrons. The molecule has 1 aliphatic carbocycles. The number of hydrogen-bond acceptors (Lipinski definition) is 3. The zero-order valence-corrected chi connectivity index (χ0v) is 12.6. The number of nitrogens with one attached hydrogen (secondary N) is 1. The van der Waals surface area contributed by atoms with Gasteiger partial charge in [-0.2, -0.15) is 0 Å². The molecule has 0 saturated heterocycles. The van der Waals surface area contributed by atoms with E-state index in [1.165, 1.54) is 25.7 Å². The number of benzene rings is 1. The second-order valence-corrected chi connectivity index (χ2v) is 6.09. The van der Waals surface area contributed by atoms with Gasteiger partial charge >= 0.3 is 0 Å². The van der Waals surface area contributed by atoms with E-state index in [9.17, 15) is 4.79 Å². The van der Waals surface area contributed by atoms with Crippen LogP contribution in [0, 0.1) is 5.92 Å². The molecule has 4 heteroatoms. The summed E-state index contributed by atoms with van der Waals surface area (Å²) >= 11 is 0. The van der Waals surface area contributed by atoms with E-state index in [0.29, 0.717) is 6.42 Å². The maximum atomic E-state index is 12.1. The number of carbonyl (C=O) groups excluding carboxylic acids is 1. The van der Waals surface area contributed by atoms with Crippen molar-refractivity contribution in [2.75, 3.05) is 6.79 Å². The van der Waals surface area contributed by atoms with Crippen molar-refractivity contribution < 1.29 is 14.3 Å².